The van der Waals surface area contributed by atoms with Crippen molar-refractivity contribution in [3.05, 3.63) is 66.2 Å². The predicted molar refractivity (Wildman–Crippen MR) is 111 cm³/mol. The first-order chi connectivity index (χ1) is 13.7. The van der Waals surface area contributed by atoms with Crippen LogP contribution in [0, 0.1) is 11.8 Å². The van der Waals surface area contributed by atoms with Gasteiger partial charge in [-0.2, -0.15) is 5.10 Å². The van der Waals surface area contributed by atoms with E-state index in [9.17, 15) is 0 Å². The molecular weight excluding hydrogens is 348 g/mol. The summed E-state index contributed by atoms with van der Waals surface area (Å²) in [6.07, 6.45) is 8.41. The highest BCUT2D eigenvalue weighted by Crippen LogP contribution is 2.23. The fourth-order valence-corrected chi connectivity index (χ4v) is 4.19. The predicted octanol–water partition coefficient (Wildman–Crippen LogP) is 3.75. The van der Waals surface area contributed by atoms with Crippen molar-refractivity contribution in [1.82, 2.24) is 24.6 Å². The fraction of sp³-hybridized carbons (Fsp3) is 0.409. The van der Waals surface area contributed by atoms with Gasteiger partial charge in [-0.25, -0.2) is 9.67 Å². The lowest BCUT2D eigenvalue weighted by molar-refractivity contribution is 0.134. The van der Waals surface area contributed by atoms with Crippen molar-refractivity contribution in [2.75, 3.05) is 18.4 Å². The summed E-state index contributed by atoms with van der Waals surface area (Å²) in [5.41, 5.74) is 2.69. The normalized spacial score (nSPS) is 20.2. The van der Waals surface area contributed by atoms with Crippen LogP contribution in [0.1, 0.15) is 31.4 Å². The zero-order valence-electron chi connectivity index (χ0n) is 16.6. The summed E-state index contributed by atoms with van der Waals surface area (Å²) < 4.78 is 1.71. The first kappa shape index (κ1) is 18.6. The lowest BCUT2D eigenvalue weighted by atomic mass is 9.91. The number of piperidine rings is 1. The van der Waals surface area contributed by atoms with Gasteiger partial charge < -0.3 is 5.32 Å². The largest absolute Gasteiger partial charge is 0.365 e. The second-order valence-electron chi connectivity index (χ2n) is 7.98. The van der Waals surface area contributed by atoms with Gasteiger partial charge in [0.25, 0.3) is 0 Å². The van der Waals surface area contributed by atoms with E-state index in [2.05, 4.69) is 63.4 Å². The van der Waals surface area contributed by atoms with Crippen LogP contribution in [-0.2, 0) is 13.1 Å². The Bertz CT molecular complexity index is 882. The van der Waals surface area contributed by atoms with E-state index in [0.717, 1.165) is 30.7 Å². The molecule has 6 nitrogen and oxygen atoms in total. The molecule has 0 saturated carbocycles. The molecule has 1 aromatic carbocycles. The number of rotatable bonds is 6. The van der Waals surface area contributed by atoms with Gasteiger partial charge >= 0.3 is 0 Å². The van der Waals surface area contributed by atoms with Crippen LogP contribution < -0.4 is 5.32 Å². The highest BCUT2D eigenvalue weighted by atomic mass is 15.3. The van der Waals surface area contributed by atoms with E-state index < -0.39 is 0 Å². The quantitative estimate of drug-likeness (QED) is 0.710. The molecule has 1 N–H and O–H groups in total. The van der Waals surface area contributed by atoms with Gasteiger partial charge in [-0.3, -0.25) is 9.88 Å². The van der Waals surface area contributed by atoms with Crippen molar-refractivity contribution in [3.8, 4) is 5.82 Å². The maximum atomic E-state index is 4.61. The fourth-order valence-electron chi connectivity index (χ4n) is 4.19. The van der Waals surface area contributed by atoms with Crippen molar-refractivity contribution >= 4 is 5.82 Å². The van der Waals surface area contributed by atoms with E-state index >= 15 is 0 Å². The first-order valence-corrected chi connectivity index (χ1v) is 10.0. The molecule has 0 radical (unpaired) electrons. The lowest BCUT2D eigenvalue weighted by Gasteiger charge is -2.35. The number of aromatic nitrogens is 4. The Morgan fingerprint density at radius 1 is 1.04 bits per heavy atom. The van der Waals surface area contributed by atoms with Crippen LogP contribution in [-0.4, -0.2) is 37.7 Å². The molecule has 0 bridgehead atoms. The maximum Gasteiger partial charge on any atom is 0.173 e. The topological polar surface area (TPSA) is 58.9 Å². The number of hydrogen-bond acceptors (Lipinski definition) is 5. The van der Waals surface area contributed by atoms with Crippen LogP contribution in [0.4, 0.5) is 5.82 Å². The zero-order chi connectivity index (χ0) is 19.3. The molecule has 0 aliphatic carbocycles. The number of hydrogen-bond donors (Lipinski definition) is 1. The third-order valence-corrected chi connectivity index (χ3v) is 5.28. The molecule has 3 heterocycles. The van der Waals surface area contributed by atoms with Crippen LogP contribution in [0.2, 0.25) is 0 Å². The molecule has 2 aromatic heterocycles. The molecule has 6 heteroatoms. The molecule has 2 atom stereocenters. The number of anilines is 1. The molecular formula is C22H28N6. The zero-order valence-corrected chi connectivity index (χ0v) is 16.6. The molecule has 1 saturated heterocycles. The van der Waals surface area contributed by atoms with Crippen LogP contribution in [0.5, 0.6) is 0 Å². The minimum atomic E-state index is 0.708. The molecule has 4 rings (SSSR count). The van der Waals surface area contributed by atoms with Gasteiger partial charge in [-0.15, -0.1) is 0 Å². The van der Waals surface area contributed by atoms with E-state index in [0.29, 0.717) is 5.82 Å². The summed E-state index contributed by atoms with van der Waals surface area (Å²) in [7, 11) is 0. The molecule has 0 amide bonds. The number of nitrogens with one attached hydrogen (secondary N) is 1. The van der Waals surface area contributed by atoms with Gasteiger partial charge in [-0.05, 0) is 35.4 Å². The third kappa shape index (κ3) is 4.57. The average Bonchev–Trinajstić information content (AvgIpc) is 3.22. The van der Waals surface area contributed by atoms with E-state index in [1.807, 2.05) is 12.3 Å². The SMILES string of the molecule is C[C@@H]1C[C@H](C)CN(Cc2ccccc2CNc2cncc(-n3cccn3)n2)C1. The third-order valence-electron chi connectivity index (χ3n) is 5.28. The number of nitrogens with zero attached hydrogens (tertiary/aromatic N) is 5. The van der Waals surface area contributed by atoms with Crippen molar-refractivity contribution in [2.45, 2.75) is 33.4 Å². The minimum absolute atomic E-state index is 0.708. The summed E-state index contributed by atoms with van der Waals surface area (Å²) >= 11 is 0. The van der Waals surface area contributed by atoms with Crippen LogP contribution >= 0.6 is 0 Å². The van der Waals surface area contributed by atoms with Crippen molar-refractivity contribution < 1.29 is 0 Å². The lowest BCUT2D eigenvalue weighted by Crippen LogP contribution is -2.38. The van der Waals surface area contributed by atoms with Gasteiger partial charge in [0.1, 0.15) is 5.82 Å². The molecule has 1 aliphatic heterocycles. The number of likely N-dealkylation sites (tertiary alicyclic amines) is 1. The van der Waals surface area contributed by atoms with E-state index in [1.165, 1.54) is 30.6 Å². The average molecular weight is 377 g/mol. The summed E-state index contributed by atoms with van der Waals surface area (Å²) in [6.45, 7) is 8.83. The van der Waals surface area contributed by atoms with Gasteiger partial charge in [0.2, 0.25) is 0 Å². The molecule has 1 fully saturated rings. The number of benzene rings is 1. The van der Waals surface area contributed by atoms with Crippen LogP contribution in [0.25, 0.3) is 5.82 Å². The van der Waals surface area contributed by atoms with Crippen molar-refractivity contribution in [3.63, 3.8) is 0 Å². The summed E-state index contributed by atoms with van der Waals surface area (Å²) in [6, 6.07) is 10.6. The second kappa shape index (κ2) is 8.52. The molecule has 0 unspecified atom stereocenters. The molecule has 1 aliphatic rings. The summed E-state index contributed by atoms with van der Waals surface area (Å²) in [5, 5.41) is 7.64. The summed E-state index contributed by atoms with van der Waals surface area (Å²) in [4.78, 5) is 11.5. The Kier molecular flexibility index (Phi) is 5.67. The van der Waals surface area contributed by atoms with E-state index in [-0.39, 0.29) is 0 Å². The Hall–Kier alpha value is -2.73. The first-order valence-electron chi connectivity index (χ1n) is 10.0. The van der Waals surface area contributed by atoms with Gasteiger partial charge in [0.15, 0.2) is 5.82 Å². The Balaban J connectivity index is 1.44. The molecule has 3 aromatic rings. The van der Waals surface area contributed by atoms with Crippen molar-refractivity contribution in [1.29, 1.82) is 0 Å². The summed E-state index contributed by atoms with van der Waals surface area (Å²) in [5.74, 6) is 3.01. The van der Waals surface area contributed by atoms with E-state index in [1.54, 1.807) is 23.3 Å². The monoisotopic (exact) mass is 376 g/mol. The standard InChI is InChI=1S/C22H28N6/c1-17-10-18(2)15-27(14-17)16-20-7-4-3-6-19(20)11-24-21-12-23-13-22(26-21)28-9-5-8-25-28/h3-9,12-13,17-18H,10-11,14-16H2,1-2H3,(H,24,26)/t17-,18+. The highest BCUT2D eigenvalue weighted by Gasteiger charge is 2.22. The van der Waals surface area contributed by atoms with Crippen LogP contribution in [0.15, 0.2) is 55.1 Å². The second-order valence-corrected chi connectivity index (χ2v) is 7.98. The molecule has 146 valence electrons. The van der Waals surface area contributed by atoms with Crippen molar-refractivity contribution in [2.24, 2.45) is 11.8 Å². The maximum absolute atomic E-state index is 4.61. The van der Waals surface area contributed by atoms with Gasteiger partial charge in [0.05, 0.1) is 12.4 Å². The molecule has 28 heavy (non-hydrogen) atoms. The highest BCUT2D eigenvalue weighted by molar-refractivity contribution is 5.38. The van der Waals surface area contributed by atoms with E-state index in [4.69, 9.17) is 0 Å². The van der Waals surface area contributed by atoms with Gasteiger partial charge in [0, 0.05) is 38.6 Å². The van der Waals surface area contributed by atoms with Gasteiger partial charge in [-0.1, -0.05) is 38.1 Å². The minimum Gasteiger partial charge on any atom is -0.365 e. The molecule has 0 spiro atoms. The van der Waals surface area contributed by atoms with Crippen LogP contribution in [0.3, 0.4) is 0 Å². The Morgan fingerprint density at radius 2 is 1.82 bits per heavy atom. The Labute approximate surface area is 166 Å². The Morgan fingerprint density at radius 3 is 2.57 bits per heavy atom. The smallest absolute Gasteiger partial charge is 0.173 e.